The van der Waals surface area contributed by atoms with Gasteiger partial charge in [-0.05, 0) is 50.0 Å². The molecule has 0 aliphatic carbocycles. The van der Waals surface area contributed by atoms with Gasteiger partial charge in [0.05, 0.1) is 13.5 Å². The Hall–Kier alpha value is -2.93. The first kappa shape index (κ1) is 25.3. The normalized spacial score (nSPS) is 12.8. The van der Waals surface area contributed by atoms with E-state index in [1.165, 1.54) is 18.1 Å². The molecule has 0 amide bonds. The molecule has 0 aromatic carbocycles. The van der Waals surface area contributed by atoms with Crippen molar-refractivity contribution in [3.8, 4) is 5.75 Å². The number of thiophene rings is 1. The van der Waals surface area contributed by atoms with Gasteiger partial charge in [0.25, 0.3) is 0 Å². The molecule has 0 aliphatic heterocycles. The van der Waals surface area contributed by atoms with Gasteiger partial charge < -0.3 is 14.3 Å². The van der Waals surface area contributed by atoms with Gasteiger partial charge in [0.1, 0.15) is 17.1 Å². The number of ether oxygens (including phenoxy) is 1. The van der Waals surface area contributed by atoms with Gasteiger partial charge >= 0.3 is 11.6 Å². The van der Waals surface area contributed by atoms with E-state index in [2.05, 4.69) is 11.7 Å². The van der Waals surface area contributed by atoms with Crippen LogP contribution in [0, 0.1) is 0 Å². The Balaban J connectivity index is 2.10. The van der Waals surface area contributed by atoms with Crippen LogP contribution in [0.1, 0.15) is 78.2 Å². The number of hydrogen-bond donors (Lipinski definition) is 1. The standard InChI is InChI=1S/C25H30O6S/c1-5-9-18-12-13-19(32-18)14-17(3)24(28)23-20(26)15-21(31-25(23)29)16(2)10-7-6-8-11-22(27)30-4/h6,8,12-16,26H,5,7,9-11H2,1-4H3/b8-6+,17-14?. The third kappa shape index (κ3) is 7.05. The minimum absolute atomic E-state index is 0.153. The van der Waals surface area contributed by atoms with Crippen LogP contribution in [0.4, 0.5) is 0 Å². The molecule has 0 saturated carbocycles. The third-order valence-electron chi connectivity index (χ3n) is 5.00. The molecule has 6 nitrogen and oxygen atoms in total. The SMILES string of the molecule is CCCc1ccc(C=C(C)C(=O)c2c(O)cc(C(C)CC/C=C/CC(=O)OC)oc2=O)s1. The first-order chi connectivity index (χ1) is 15.3. The lowest BCUT2D eigenvalue weighted by Gasteiger charge is -2.11. The van der Waals surface area contributed by atoms with Gasteiger partial charge in [-0.2, -0.15) is 0 Å². The molecule has 1 unspecified atom stereocenters. The van der Waals surface area contributed by atoms with Crippen molar-refractivity contribution < 1.29 is 23.8 Å². The van der Waals surface area contributed by atoms with Crippen LogP contribution in [0.5, 0.6) is 5.75 Å². The fourth-order valence-corrected chi connectivity index (χ4v) is 4.27. The zero-order valence-corrected chi connectivity index (χ0v) is 19.8. The van der Waals surface area contributed by atoms with Crippen LogP contribution in [-0.4, -0.2) is 24.0 Å². The number of aryl methyl sites for hydroxylation is 1. The molecule has 0 bridgehead atoms. The number of carbonyl (C=O) groups excluding carboxylic acids is 2. The second kappa shape index (κ2) is 12.2. The minimum Gasteiger partial charge on any atom is -0.507 e. The minimum atomic E-state index is -0.844. The number of carbonyl (C=O) groups is 2. The Kier molecular flexibility index (Phi) is 9.65. The van der Waals surface area contributed by atoms with Crippen molar-refractivity contribution in [2.75, 3.05) is 7.11 Å². The summed E-state index contributed by atoms with van der Waals surface area (Å²) in [4.78, 5) is 38.5. The van der Waals surface area contributed by atoms with E-state index < -0.39 is 11.4 Å². The summed E-state index contributed by atoms with van der Waals surface area (Å²) in [6.07, 6.45) is 8.84. The lowest BCUT2D eigenvalue weighted by Crippen LogP contribution is -2.16. The Morgan fingerprint density at radius 3 is 2.69 bits per heavy atom. The van der Waals surface area contributed by atoms with E-state index in [1.54, 1.807) is 30.4 Å². The van der Waals surface area contributed by atoms with Gasteiger partial charge in [0.2, 0.25) is 0 Å². The van der Waals surface area contributed by atoms with E-state index >= 15 is 0 Å². The summed E-state index contributed by atoms with van der Waals surface area (Å²) >= 11 is 1.60. The van der Waals surface area contributed by atoms with E-state index in [0.29, 0.717) is 24.2 Å². The number of hydrogen-bond acceptors (Lipinski definition) is 7. The maximum atomic E-state index is 12.8. The molecule has 2 aromatic heterocycles. The average molecular weight is 459 g/mol. The van der Waals surface area contributed by atoms with Crippen molar-refractivity contribution in [3.63, 3.8) is 0 Å². The summed E-state index contributed by atoms with van der Waals surface area (Å²) < 4.78 is 9.93. The van der Waals surface area contributed by atoms with Crippen molar-refractivity contribution >= 4 is 29.2 Å². The number of Topliss-reactive ketones (excluding diaryl/α,β-unsaturated/α-hetero) is 1. The zero-order valence-electron chi connectivity index (χ0n) is 19.0. The van der Waals surface area contributed by atoms with E-state index in [9.17, 15) is 19.5 Å². The van der Waals surface area contributed by atoms with E-state index in [1.807, 2.05) is 25.1 Å². The van der Waals surface area contributed by atoms with E-state index in [-0.39, 0.29) is 29.6 Å². The highest BCUT2D eigenvalue weighted by atomic mass is 32.1. The summed E-state index contributed by atoms with van der Waals surface area (Å²) in [6, 6.07) is 5.32. The number of ketones is 1. The lowest BCUT2D eigenvalue weighted by molar-refractivity contribution is -0.139. The Bertz CT molecular complexity index is 1060. The lowest BCUT2D eigenvalue weighted by atomic mass is 9.99. The smallest absolute Gasteiger partial charge is 0.351 e. The molecule has 0 radical (unpaired) electrons. The van der Waals surface area contributed by atoms with Gasteiger partial charge in [-0.15, -0.1) is 11.3 Å². The highest BCUT2D eigenvalue weighted by Gasteiger charge is 2.22. The predicted octanol–water partition coefficient (Wildman–Crippen LogP) is 5.65. The molecule has 1 atom stereocenters. The molecule has 2 aromatic rings. The van der Waals surface area contributed by atoms with Crippen LogP contribution in [-0.2, 0) is 16.0 Å². The molecule has 7 heteroatoms. The van der Waals surface area contributed by atoms with E-state index in [0.717, 1.165) is 17.7 Å². The molecule has 0 fully saturated rings. The van der Waals surface area contributed by atoms with Crippen LogP contribution in [0.15, 0.2) is 45.1 Å². The number of rotatable bonds is 11. The molecule has 2 heterocycles. The Morgan fingerprint density at radius 2 is 2.03 bits per heavy atom. The largest absolute Gasteiger partial charge is 0.507 e. The summed E-state index contributed by atoms with van der Waals surface area (Å²) in [6.45, 7) is 5.60. The number of allylic oxidation sites excluding steroid dienone is 2. The van der Waals surface area contributed by atoms with Crippen LogP contribution in [0.25, 0.3) is 6.08 Å². The third-order valence-corrected chi connectivity index (χ3v) is 6.10. The first-order valence-corrected chi connectivity index (χ1v) is 11.5. The maximum Gasteiger partial charge on any atom is 0.351 e. The zero-order chi connectivity index (χ0) is 23.7. The van der Waals surface area contributed by atoms with Crippen molar-refractivity contribution in [1.29, 1.82) is 0 Å². The van der Waals surface area contributed by atoms with Crippen LogP contribution >= 0.6 is 11.3 Å². The predicted molar refractivity (Wildman–Crippen MR) is 126 cm³/mol. The maximum absolute atomic E-state index is 12.8. The monoisotopic (exact) mass is 458 g/mol. The average Bonchev–Trinajstić information content (AvgIpc) is 3.19. The van der Waals surface area contributed by atoms with Gasteiger partial charge in [0, 0.05) is 21.7 Å². The van der Waals surface area contributed by atoms with Gasteiger partial charge in [0.15, 0.2) is 5.78 Å². The summed E-state index contributed by atoms with van der Waals surface area (Å²) in [5.74, 6) is -1.07. The Labute approximate surface area is 192 Å². The fourth-order valence-electron chi connectivity index (χ4n) is 3.15. The van der Waals surface area contributed by atoms with Crippen LogP contribution in [0.2, 0.25) is 0 Å². The fraction of sp³-hybridized carbons (Fsp3) is 0.400. The topological polar surface area (TPSA) is 93.8 Å². The van der Waals surface area contributed by atoms with Crippen LogP contribution in [0.3, 0.4) is 0 Å². The number of esters is 1. The molecule has 32 heavy (non-hydrogen) atoms. The van der Waals surface area contributed by atoms with Crippen molar-refractivity contribution in [2.24, 2.45) is 0 Å². The molecule has 0 saturated heterocycles. The van der Waals surface area contributed by atoms with E-state index in [4.69, 9.17) is 4.42 Å². The van der Waals surface area contributed by atoms with Gasteiger partial charge in [-0.25, -0.2) is 4.79 Å². The van der Waals surface area contributed by atoms with Crippen molar-refractivity contribution in [1.82, 2.24) is 0 Å². The Morgan fingerprint density at radius 1 is 1.28 bits per heavy atom. The highest BCUT2D eigenvalue weighted by Crippen LogP contribution is 2.27. The molecular weight excluding hydrogens is 428 g/mol. The van der Waals surface area contributed by atoms with Crippen molar-refractivity contribution in [2.45, 2.75) is 58.8 Å². The molecule has 0 aliphatic rings. The summed E-state index contributed by atoms with van der Waals surface area (Å²) in [5.41, 5.74) is -0.837. The second-order valence-corrected chi connectivity index (χ2v) is 8.84. The molecular formula is C25H30O6S. The molecule has 1 N–H and O–H groups in total. The quantitative estimate of drug-likeness (QED) is 0.202. The molecule has 0 spiro atoms. The summed E-state index contributed by atoms with van der Waals surface area (Å²) in [7, 11) is 1.34. The highest BCUT2D eigenvalue weighted by molar-refractivity contribution is 7.12. The molecule has 172 valence electrons. The van der Waals surface area contributed by atoms with Gasteiger partial charge in [-0.3, -0.25) is 9.59 Å². The number of aromatic hydroxyl groups is 1. The number of methoxy groups -OCH3 is 1. The van der Waals surface area contributed by atoms with Crippen LogP contribution < -0.4 is 5.63 Å². The van der Waals surface area contributed by atoms with Crippen molar-refractivity contribution in [3.05, 3.63) is 67.4 Å². The molecule has 2 rings (SSSR count). The second-order valence-electron chi connectivity index (χ2n) is 7.64. The summed E-state index contributed by atoms with van der Waals surface area (Å²) in [5, 5.41) is 10.4. The van der Waals surface area contributed by atoms with Gasteiger partial charge in [-0.1, -0.05) is 32.4 Å². The first-order valence-electron chi connectivity index (χ1n) is 10.7.